The van der Waals surface area contributed by atoms with Gasteiger partial charge in [-0.1, -0.05) is 13.3 Å². The van der Waals surface area contributed by atoms with Crippen LogP contribution >= 0.6 is 0 Å². The van der Waals surface area contributed by atoms with Gasteiger partial charge in [0.15, 0.2) is 11.6 Å². The highest BCUT2D eigenvalue weighted by Gasteiger charge is 2.11. The van der Waals surface area contributed by atoms with Crippen molar-refractivity contribution in [2.24, 2.45) is 0 Å². The highest BCUT2D eigenvalue weighted by atomic mass is 19.2. The molecule has 0 saturated heterocycles. The first-order valence-corrected chi connectivity index (χ1v) is 6.07. The van der Waals surface area contributed by atoms with Crippen LogP contribution in [-0.4, -0.2) is 22.1 Å². The third-order valence-corrected chi connectivity index (χ3v) is 2.72. The van der Waals surface area contributed by atoms with E-state index >= 15 is 0 Å². The van der Waals surface area contributed by atoms with Crippen LogP contribution in [0.4, 0.5) is 8.78 Å². The second-order valence-corrected chi connectivity index (χ2v) is 4.20. The van der Waals surface area contributed by atoms with E-state index in [-0.39, 0.29) is 6.54 Å². The fourth-order valence-electron chi connectivity index (χ4n) is 1.69. The topological polar surface area (TPSA) is 44.1 Å². The number of rotatable bonds is 5. The maximum Gasteiger partial charge on any atom is 0.326 e. The van der Waals surface area contributed by atoms with Crippen LogP contribution in [-0.2, 0) is 16.1 Å². The average molecular weight is 268 g/mol. The minimum Gasteiger partial charge on any atom is -0.464 e. The number of carbonyl (C=O) groups excluding carboxylic acids is 1. The second kappa shape index (κ2) is 5.77. The predicted octanol–water partition coefficient (Wildman–Crippen LogP) is 2.66. The highest BCUT2D eigenvalue weighted by molar-refractivity contribution is 5.78. The smallest absolute Gasteiger partial charge is 0.326 e. The minimum absolute atomic E-state index is 0.0642. The van der Waals surface area contributed by atoms with E-state index in [4.69, 9.17) is 4.74 Å². The van der Waals surface area contributed by atoms with Gasteiger partial charge in [-0.2, -0.15) is 0 Å². The minimum atomic E-state index is -0.964. The van der Waals surface area contributed by atoms with E-state index in [9.17, 15) is 13.6 Å². The summed E-state index contributed by atoms with van der Waals surface area (Å²) in [6.07, 6.45) is 3.10. The SMILES string of the molecule is CCCCOC(=O)Cn1cnc2cc(F)c(F)cc21. The Kier molecular flexibility index (Phi) is 4.09. The highest BCUT2D eigenvalue weighted by Crippen LogP contribution is 2.17. The van der Waals surface area contributed by atoms with Gasteiger partial charge >= 0.3 is 5.97 Å². The third-order valence-electron chi connectivity index (χ3n) is 2.72. The largest absolute Gasteiger partial charge is 0.464 e. The number of aromatic nitrogens is 2. The number of nitrogens with zero attached hydrogens (tertiary/aromatic N) is 2. The molecule has 0 N–H and O–H groups in total. The third kappa shape index (κ3) is 3.07. The molecule has 2 aromatic rings. The Labute approximate surface area is 109 Å². The van der Waals surface area contributed by atoms with Gasteiger partial charge in [-0.3, -0.25) is 4.79 Å². The number of fused-ring (bicyclic) bond motifs is 1. The lowest BCUT2D eigenvalue weighted by Gasteiger charge is -2.05. The van der Waals surface area contributed by atoms with Crippen LogP contribution in [0.2, 0.25) is 0 Å². The van der Waals surface area contributed by atoms with Crippen molar-refractivity contribution in [2.45, 2.75) is 26.3 Å². The van der Waals surface area contributed by atoms with Crippen molar-refractivity contribution in [1.82, 2.24) is 9.55 Å². The summed E-state index contributed by atoms with van der Waals surface area (Å²) in [4.78, 5) is 15.5. The first-order valence-electron chi connectivity index (χ1n) is 6.07. The molecular formula is C13H14F2N2O2. The lowest BCUT2D eigenvalue weighted by molar-refractivity contribution is -0.144. The van der Waals surface area contributed by atoms with Gasteiger partial charge in [-0.05, 0) is 6.42 Å². The molecule has 0 aliphatic heterocycles. The molecule has 2 rings (SSSR count). The molecule has 0 spiro atoms. The maximum absolute atomic E-state index is 13.2. The Bertz CT molecular complexity index is 596. The van der Waals surface area contributed by atoms with Crippen molar-refractivity contribution in [3.63, 3.8) is 0 Å². The van der Waals surface area contributed by atoms with E-state index in [1.807, 2.05) is 6.92 Å². The van der Waals surface area contributed by atoms with Crippen LogP contribution in [0.5, 0.6) is 0 Å². The van der Waals surface area contributed by atoms with Crippen LogP contribution in [0.25, 0.3) is 11.0 Å². The van der Waals surface area contributed by atoms with E-state index in [0.717, 1.165) is 25.0 Å². The van der Waals surface area contributed by atoms with E-state index in [2.05, 4.69) is 4.98 Å². The maximum atomic E-state index is 13.2. The van der Waals surface area contributed by atoms with Gasteiger partial charge in [-0.25, -0.2) is 13.8 Å². The summed E-state index contributed by atoms with van der Waals surface area (Å²) in [6.45, 7) is 2.30. The summed E-state index contributed by atoms with van der Waals surface area (Å²) < 4.78 is 32.6. The summed E-state index contributed by atoms with van der Waals surface area (Å²) >= 11 is 0. The molecule has 0 amide bonds. The quantitative estimate of drug-likeness (QED) is 0.618. The fourth-order valence-corrected chi connectivity index (χ4v) is 1.69. The number of hydrogen-bond donors (Lipinski definition) is 0. The number of carbonyl (C=O) groups is 1. The second-order valence-electron chi connectivity index (χ2n) is 4.20. The lowest BCUT2D eigenvalue weighted by atomic mass is 10.3. The van der Waals surface area contributed by atoms with E-state index in [0.29, 0.717) is 17.6 Å². The monoisotopic (exact) mass is 268 g/mol. The van der Waals surface area contributed by atoms with Gasteiger partial charge in [0, 0.05) is 12.1 Å². The molecule has 0 atom stereocenters. The molecule has 1 aromatic carbocycles. The summed E-state index contributed by atoms with van der Waals surface area (Å²) in [5.41, 5.74) is 0.673. The molecule has 1 aromatic heterocycles. The lowest BCUT2D eigenvalue weighted by Crippen LogP contribution is -2.13. The van der Waals surface area contributed by atoms with E-state index in [1.165, 1.54) is 10.9 Å². The molecule has 19 heavy (non-hydrogen) atoms. The van der Waals surface area contributed by atoms with Gasteiger partial charge < -0.3 is 9.30 Å². The van der Waals surface area contributed by atoms with Crippen molar-refractivity contribution in [3.05, 3.63) is 30.1 Å². The molecule has 4 nitrogen and oxygen atoms in total. The normalized spacial score (nSPS) is 10.9. The number of ether oxygens (including phenoxy) is 1. The number of benzene rings is 1. The molecular weight excluding hydrogens is 254 g/mol. The Morgan fingerprint density at radius 1 is 1.37 bits per heavy atom. The number of unbranched alkanes of at least 4 members (excludes halogenated alkanes) is 1. The van der Waals surface area contributed by atoms with Gasteiger partial charge in [0.1, 0.15) is 6.54 Å². The summed E-state index contributed by atoms with van der Waals surface area (Å²) in [7, 11) is 0. The molecule has 0 bridgehead atoms. The van der Waals surface area contributed by atoms with Gasteiger partial charge in [-0.15, -0.1) is 0 Å². The zero-order valence-electron chi connectivity index (χ0n) is 10.5. The van der Waals surface area contributed by atoms with Crippen LogP contribution in [0, 0.1) is 11.6 Å². The van der Waals surface area contributed by atoms with Crippen molar-refractivity contribution in [3.8, 4) is 0 Å². The summed E-state index contributed by atoms with van der Waals surface area (Å²) in [5, 5.41) is 0. The molecule has 0 fully saturated rings. The van der Waals surface area contributed by atoms with Crippen LogP contribution < -0.4 is 0 Å². The van der Waals surface area contributed by atoms with E-state index < -0.39 is 17.6 Å². The average Bonchev–Trinajstić information content (AvgIpc) is 2.73. The fraction of sp³-hybridized carbons (Fsp3) is 0.385. The molecule has 0 aliphatic rings. The molecule has 6 heteroatoms. The number of halogens is 2. The summed E-state index contributed by atoms with van der Waals surface area (Å²) in [5.74, 6) is -2.34. The zero-order valence-corrected chi connectivity index (χ0v) is 10.5. The summed E-state index contributed by atoms with van der Waals surface area (Å²) in [6, 6.07) is 2.03. The van der Waals surface area contributed by atoms with Gasteiger partial charge in [0.25, 0.3) is 0 Å². The van der Waals surface area contributed by atoms with Crippen LogP contribution in [0.3, 0.4) is 0 Å². The Balaban J connectivity index is 2.13. The van der Waals surface area contributed by atoms with Gasteiger partial charge in [0.05, 0.1) is 24.0 Å². The molecule has 0 saturated carbocycles. The molecule has 102 valence electrons. The first kappa shape index (κ1) is 13.5. The molecule has 0 radical (unpaired) electrons. The Morgan fingerprint density at radius 2 is 2.11 bits per heavy atom. The molecule has 0 aliphatic carbocycles. The molecule has 0 unspecified atom stereocenters. The number of esters is 1. The van der Waals surface area contributed by atoms with E-state index in [1.54, 1.807) is 0 Å². The standard InChI is InChI=1S/C13H14F2N2O2/c1-2-3-4-19-13(18)7-17-8-16-11-5-9(14)10(15)6-12(11)17/h5-6,8H,2-4,7H2,1H3. The zero-order chi connectivity index (χ0) is 13.8. The van der Waals surface area contributed by atoms with Crippen LogP contribution in [0.15, 0.2) is 18.5 Å². The van der Waals surface area contributed by atoms with Crippen molar-refractivity contribution in [2.75, 3.05) is 6.61 Å². The predicted molar refractivity (Wildman–Crippen MR) is 65.5 cm³/mol. The Hall–Kier alpha value is -1.98. The number of imidazole rings is 1. The first-order chi connectivity index (χ1) is 9.11. The Morgan fingerprint density at radius 3 is 2.84 bits per heavy atom. The van der Waals surface area contributed by atoms with Crippen LogP contribution in [0.1, 0.15) is 19.8 Å². The van der Waals surface area contributed by atoms with Gasteiger partial charge in [0.2, 0.25) is 0 Å². The van der Waals surface area contributed by atoms with Crippen molar-refractivity contribution < 1.29 is 18.3 Å². The van der Waals surface area contributed by atoms with Crippen molar-refractivity contribution in [1.29, 1.82) is 0 Å². The number of hydrogen-bond acceptors (Lipinski definition) is 3. The molecule has 1 heterocycles. The van der Waals surface area contributed by atoms with Crippen molar-refractivity contribution >= 4 is 17.0 Å².